The highest BCUT2D eigenvalue weighted by Gasteiger charge is 2.39. The van der Waals surface area contributed by atoms with E-state index in [1.54, 1.807) is 12.1 Å². The van der Waals surface area contributed by atoms with Gasteiger partial charge in [0, 0.05) is 17.1 Å². The van der Waals surface area contributed by atoms with Crippen molar-refractivity contribution in [2.75, 3.05) is 7.11 Å². The number of benzene rings is 1. The third kappa shape index (κ3) is 3.13. The molecule has 0 amide bonds. The predicted molar refractivity (Wildman–Crippen MR) is 84.5 cm³/mol. The summed E-state index contributed by atoms with van der Waals surface area (Å²) in [5, 5.41) is 0.759. The maximum Gasteiger partial charge on any atom is 0.392 e. The molecule has 3 nitrogen and oxygen atoms in total. The minimum absolute atomic E-state index is 0.00450. The Kier molecular flexibility index (Phi) is 4.30. The zero-order chi connectivity index (χ0) is 17.3. The lowest BCUT2D eigenvalue weighted by Crippen LogP contribution is -2.24. The van der Waals surface area contributed by atoms with Crippen LogP contribution in [0.3, 0.4) is 0 Å². The Morgan fingerprint density at radius 2 is 2.12 bits per heavy atom. The highest BCUT2D eigenvalue weighted by molar-refractivity contribution is 5.97. The molecule has 1 aliphatic rings. The second kappa shape index (κ2) is 6.26. The van der Waals surface area contributed by atoms with Gasteiger partial charge in [-0.15, -0.1) is 0 Å². The van der Waals surface area contributed by atoms with Crippen LogP contribution in [0.5, 0.6) is 0 Å². The van der Waals surface area contributed by atoms with Gasteiger partial charge in [0.15, 0.2) is 0 Å². The van der Waals surface area contributed by atoms with E-state index in [1.807, 2.05) is 18.2 Å². The van der Waals surface area contributed by atoms with Gasteiger partial charge < -0.3 is 4.74 Å². The summed E-state index contributed by atoms with van der Waals surface area (Å²) >= 11 is 0. The number of fused-ring (bicyclic) bond motifs is 1. The Morgan fingerprint density at radius 3 is 2.75 bits per heavy atom. The van der Waals surface area contributed by atoms with Crippen LogP contribution in [-0.2, 0) is 4.74 Å². The minimum atomic E-state index is -4.14. The van der Waals surface area contributed by atoms with Crippen LogP contribution in [0.2, 0.25) is 0 Å². The SMILES string of the molecule is COC(=O)c1cnc2c(C3=CC[C@@H](C(F)(F)F)CC3)cccc2c1. The normalized spacial score (nSPS) is 18.3. The molecule has 1 aliphatic carbocycles. The fourth-order valence-electron chi connectivity index (χ4n) is 3.03. The first-order chi connectivity index (χ1) is 11.4. The van der Waals surface area contributed by atoms with Crippen molar-refractivity contribution in [2.45, 2.75) is 25.4 Å². The number of nitrogens with zero attached hydrogens (tertiary/aromatic N) is 1. The number of carbonyl (C=O) groups excluding carboxylic acids is 1. The van der Waals surface area contributed by atoms with Crippen LogP contribution < -0.4 is 0 Å². The van der Waals surface area contributed by atoms with Crippen LogP contribution in [0.25, 0.3) is 16.5 Å². The van der Waals surface area contributed by atoms with Crippen molar-refractivity contribution in [1.29, 1.82) is 0 Å². The van der Waals surface area contributed by atoms with Crippen LogP contribution in [0.1, 0.15) is 35.2 Å². The van der Waals surface area contributed by atoms with Crippen molar-refractivity contribution < 1.29 is 22.7 Å². The van der Waals surface area contributed by atoms with Crippen molar-refractivity contribution in [3.05, 3.63) is 47.7 Å². The zero-order valence-corrected chi connectivity index (χ0v) is 13.1. The molecule has 3 rings (SSSR count). The van der Waals surface area contributed by atoms with E-state index >= 15 is 0 Å². The summed E-state index contributed by atoms with van der Waals surface area (Å²) in [6.45, 7) is 0. The highest BCUT2D eigenvalue weighted by Crippen LogP contribution is 2.40. The first kappa shape index (κ1) is 16.5. The largest absolute Gasteiger partial charge is 0.465 e. The molecule has 0 aliphatic heterocycles. The Bertz CT molecular complexity index is 812. The van der Waals surface area contributed by atoms with E-state index in [-0.39, 0.29) is 12.8 Å². The number of esters is 1. The number of hydrogen-bond acceptors (Lipinski definition) is 3. The van der Waals surface area contributed by atoms with Crippen molar-refractivity contribution in [1.82, 2.24) is 4.98 Å². The van der Waals surface area contributed by atoms with Gasteiger partial charge in [0.25, 0.3) is 0 Å². The lowest BCUT2D eigenvalue weighted by atomic mass is 9.85. The predicted octanol–water partition coefficient (Wildman–Crippen LogP) is 4.77. The van der Waals surface area contributed by atoms with Crippen LogP contribution in [-0.4, -0.2) is 24.2 Å². The molecular weight excluding hydrogens is 319 g/mol. The van der Waals surface area contributed by atoms with Crippen molar-refractivity contribution in [2.24, 2.45) is 5.92 Å². The summed E-state index contributed by atoms with van der Waals surface area (Å²) < 4.78 is 43.1. The molecule has 1 aromatic carbocycles. The molecule has 0 saturated carbocycles. The summed E-state index contributed by atoms with van der Waals surface area (Å²) in [6, 6.07) is 7.17. The molecule has 1 aromatic heterocycles. The van der Waals surface area contributed by atoms with Crippen LogP contribution >= 0.6 is 0 Å². The minimum Gasteiger partial charge on any atom is -0.465 e. The average Bonchev–Trinajstić information content (AvgIpc) is 2.59. The quantitative estimate of drug-likeness (QED) is 0.742. The number of halogens is 3. The van der Waals surface area contributed by atoms with Crippen LogP contribution in [0, 0.1) is 5.92 Å². The van der Waals surface area contributed by atoms with Gasteiger partial charge in [-0.25, -0.2) is 4.79 Å². The highest BCUT2D eigenvalue weighted by atomic mass is 19.4. The third-order valence-electron chi connectivity index (χ3n) is 4.35. The van der Waals surface area contributed by atoms with Gasteiger partial charge in [-0.05, 0) is 30.9 Å². The third-order valence-corrected chi connectivity index (χ3v) is 4.35. The monoisotopic (exact) mass is 335 g/mol. The van der Waals surface area contributed by atoms with Crippen molar-refractivity contribution in [3.63, 3.8) is 0 Å². The standard InChI is InChI=1S/C18H16F3NO2/c1-24-17(23)13-9-12-3-2-4-15(16(12)22-10-13)11-5-7-14(8-6-11)18(19,20)21/h2-5,9-10,14H,6-8H2,1H3/t14-/m1/s1. The lowest BCUT2D eigenvalue weighted by Gasteiger charge is -2.24. The van der Waals surface area contributed by atoms with Crippen LogP contribution in [0.15, 0.2) is 36.5 Å². The smallest absolute Gasteiger partial charge is 0.392 e. The fraction of sp³-hybridized carbons (Fsp3) is 0.333. The topological polar surface area (TPSA) is 39.2 Å². The van der Waals surface area contributed by atoms with Crippen molar-refractivity contribution in [3.8, 4) is 0 Å². The molecule has 1 atom stereocenters. The molecule has 0 radical (unpaired) electrons. The number of rotatable bonds is 2. The second-order valence-corrected chi connectivity index (χ2v) is 5.84. The maximum atomic E-state index is 12.8. The number of para-hydroxylation sites is 1. The molecule has 24 heavy (non-hydrogen) atoms. The van der Waals surface area contributed by atoms with Crippen LogP contribution in [0.4, 0.5) is 13.2 Å². The van der Waals surface area contributed by atoms with E-state index in [4.69, 9.17) is 0 Å². The van der Waals surface area contributed by atoms with E-state index in [0.29, 0.717) is 17.5 Å². The molecule has 0 saturated heterocycles. The molecular formula is C18H16F3NO2. The van der Waals surface area contributed by atoms with Gasteiger partial charge in [0.2, 0.25) is 0 Å². The molecule has 0 bridgehead atoms. The van der Waals surface area contributed by atoms with Gasteiger partial charge in [-0.3, -0.25) is 4.98 Å². The van der Waals surface area contributed by atoms with Crippen molar-refractivity contribution >= 4 is 22.4 Å². The second-order valence-electron chi connectivity index (χ2n) is 5.84. The number of hydrogen-bond donors (Lipinski definition) is 0. The zero-order valence-electron chi connectivity index (χ0n) is 13.1. The molecule has 0 unspecified atom stereocenters. The van der Waals surface area contributed by atoms with Gasteiger partial charge in [-0.2, -0.15) is 13.2 Å². The molecule has 0 spiro atoms. The first-order valence-corrected chi connectivity index (χ1v) is 7.63. The Balaban J connectivity index is 1.96. The Morgan fingerprint density at radius 1 is 1.33 bits per heavy atom. The van der Waals surface area contributed by atoms with E-state index in [1.165, 1.54) is 13.3 Å². The van der Waals surface area contributed by atoms with Gasteiger partial charge in [-0.1, -0.05) is 24.3 Å². The molecule has 1 heterocycles. The summed E-state index contributed by atoms with van der Waals surface area (Å²) in [5.41, 5.74) is 2.72. The number of alkyl halides is 3. The molecule has 0 fully saturated rings. The lowest BCUT2D eigenvalue weighted by molar-refractivity contribution is -0.175. The first-order valence-electron chi connectivity index (χ1n) is 7.63. The maximum absolute atomic E-state index is 12.8. The molecule has 126 valence electrons. The van der Waals surface area contributed by atoms with E-state index in [9.17, 15) is 18.0 Å². The fourth-order valence-corrected chi connectivity index (χ4v) is 3.03. The molecule has 0 N–H and O–H groups in total. The number of ether oxygens (including phenoxy) is 1. The van der Waals surface area contributed by atoms with Gasteiger partial charge in [0.1, 0.15) is 0 Å². The number of carbonyl (C=O) groups is 1. The Labute approximate surface area is 137 Å². The number of pyridine rings is 1. The Hall–Kier alpha value is -2.37. The number of methoxy groups -OCH3 is 1. The van der Waals surface area contributed by atoms with E-state index in [2.05, 4.69) is 9.72 Å². The summed E-state index contributed by atoms with van der Waals surface area (Å²) in [4.78, 5) is 15.9. The average molecular weight is 335 g/mol. The number of allylic oxidation sites excluding steroid dienone is 2. The molecule has 2 aromatic rings. The molecule has 6 heteroatoms. The number of aromatic nitrogens is 1. The summed E-state index contributed by atoms with van der Waals surface area (Å²) in [6.07, 6.45) is -0.606. The van der Waals surface area contributed by atoms with Gasteiger partial charge in [0.05, 0.1) is 24.1 Å². The van der Waals surface area contributed by atoms with E-state index < -0.39 is 18.1 Å². The summed E-state index contributed by atoms with van der Waals surface area (Å²) in [7, 11) is 1.30. The van der Waals surface area contributed by atoms with E-state index in [0.717, 1.165) is 16.5 Å². The van der Waals surface area contributed by atoms with Gasteiger partial charge >= 0.3 is 12.1 Å². The summed E-state index contributed by atoms with van der Waals surface area (Å²) in [5.74, 6) is -1.74.